The van der Waals surface area contributed by atoms with Gasteiger partial charge in [-0.2, -0.15) is 0 Å². The van der Waals surface area contributed by atoms with Gasteiger partial charge in [0.25, 0.3) is 5.69 Å². The van der Waals surface area contributed by atoms with Gasteiger partial charge in [0.2, 0.25) is 5.91 Å². The Labute approximate surface area is 108 Å². The number of likely N-dealkylation sites (tertiary alicyclic amines) is 1. The van der Waals surface area contributed by atoms with E-state index in [0.717, 1.165) is 4.90 Å². The first-order chi connectivity index (χ1) is 9.08. The quantitative estimate of drug-likeness (QED) is 0.614. The fourth-order valence-electron chi connectivity index (χ4n) is 1.78. The topological polar surface area (TPSA) is 89.8 Å². The van der Waals surface area contributed by atoms with E-state index in [4.69, 9.17) is 4.74 Å². The molecule has 0 bridgehead atoms. The van der Waals surface area contributed by atoms with E-state index in [1.807, 2.05) is 0 Å². The molecular weight excluding hydrogens is 252 g/mol. The van der Waals surface area contributed by atoms with Gasteiger partial charge in [-0.05, 0) is 24.1 Å². The SMILES string of the molecule is O=C1CCCN1C(=O)OCc1ccc([N+](=O)[O-])cc1. The van der Waals surface area contributed by atoms with Crippen molar-refractivity contribution in [1.29, 1.82) is 0 Å². The van der Waals surface area contributed by atoms with Crippen molar-refractivity contribution in [2.45, 2.75) is 19.4 Å². The van der Waals surface area contributed by atoms with Crippen LogP contribution in [-0.4, -0.2) is 28.4 Å². The van der Waals surface area contributed by atoms with E-state index in [-0.39, 0.29) is 18.2 Å². The number of nitrogens with zero attached hydrogens (tertiary/aromatic N) is 2. The first-order valence-corrected chi connectivity index (χ1v) is 5.78. The average Bonchev–Trinajstić information content (AvgIpc) is 2.83. The van der Waals surface area contributed by atoms with Crippen LogP contribution in [0.4, 0.5) is 10.5 Å². The number of benzene rings is 1. The van der Waals surface area contributed by atoms with Gasteiger partial charge in [0.15, 0.2) is 0 Å². The van der Waals surface area contributed by atoms with Gasteiger partial charge in [0, 0.05) is 25.1 Å². The van der Waals surface area contributed by atoms with Crippen molar-refractivity contribution >= 4 is 17.7 Å². The average molecular weight is 264 g/mol. The normalized spacial score (nSPS) is 14.5. The van der Waals surface area contributed by atoms with Crippen LogP contribution in [0.2, 0.25) is 0 Å². The number of hydrogen-bond donors (Lipinski definition) is 0. The van der Waals surface area contributed by atoms with Crippen LogP contribution in [0.25, 0.3) is 0 Å². The summed E-state index contributed by atoms with van der Waals surface area (Å²) in [5.74, 6) is -0.228. The molecule has 1 aromatic rings. The van der Waals surface area contributed by atoms with Crippen molar-refractivity contribution in [3.63, 3.8) is 0 Å². The molecular formula is C12H12N2O5. The fourth-order valence-corrected chi connectivity index (χ4v) is 1.78. The van der Waals surface area contributed by atoms with E-state index in [1.165, 1.54) is 24.3 Å². The molecule has 0 spiro atoms. The molecule has 0 radical (unpaired) electrons. The lowest BCUT2D eigenvalue weighted by Gasteiger charge is -2.13. The molecule has 0 saturated carbocycles. The molecule has 1 aromatic carbocycles. The van der Waals surface area contributed by atoms with E-state index in [9.17, 15) is 19.7 Å². The number of hydrogen-bond acceptors (Lipinski definition) is 5. The lowest BCUT2D eigenvalue weighted by atomic mass is 10.2. The third kappa shape index (κ3) is 3.06. The maximum absolute atomic E-state index is 11.6. The number of ether oxygens (including phenoxy) is 1. The van der Waals surface area contributed by atoms with Gasteiger partial charge in [0.05, 0.1) is 4.92 Å². The van der Waals surface area contributed by atoms with E-state index in [2.05, 4.69) is 0 Å². The monoisotopic (exact) mass is 264 g/mol. The van der Waals surface area contributed by atoms with Crippen molar-refractivity contribution in [3.05, 3.63) is 39.9 Å². The second-order valence-electron chi connectivity index (χ2n) is 4.13. The summed E-state index contributed by atoms with van der Waals surface area (Å²) in [5, 5.41) is 10.5. The lowest BCUT2D eigenvalue weighted by Crippen LogP contribution is -2.32. The molecule has 0 N–H and O–H groups in total. The number of carbonyl (C=O) groups is 2. The Morgan fingerprint density at radius 3 is 2.58 bits per heavy atom. The summed E-state index contributed by atoms with van der Waals surface area (Å²) in [6.45, 7) is 0.374. The van der Waals surface area contributed by atoms with Gasteiger partial charge in [-0.25, -0.2) is 9.69 Å². The van der Waals surface area contributed by atoms with E-state index >= 15 is 0 Å². The highest BCUT2D eigenvalue weighted by molar-refractivity contribution is 5.93. The Balaban J connectivity index is 1.89. The minimum Gasteiger partial charge on any atom is -0.444 e. The zero-order valence-corrected chi connectivity index (χ0v) is 10.1. The van der Waals surface area contributed by atoms with Crippen LogP contribution in [0, 0.1) is 10.1 Å². The van der Waals surface area contributed by atoms with Crippen molar-refractivity contribution in [2.24, 2.45) is 0 Å². The summed E-state index contributed by atoms with van der Waals surface area (Å²) in [4.78, 5) is 33.9. The molecule has 0 unspecified atom stereocenters. The highest BCUT2D eigenvalue weighted by Crippen LogP contribution is 2.14. The molecule has 1 saturated heterocycles. The first-order valence-electron chi connectivity index (χ1n) is 5.78. The summed E-state index contributed by atoms with van der Waals surface area (Å²) < 4.78 is 4.98. The maximum Gasteiger partial charge on any atom is 0.416 e. The smallest absolute Gasteiger partial charge is 0.416 e. The highest BCUT2D eigenvalue weighted by Gasteiger charge is 2.27. The van der Waals surface area contributed by atoms with Crippen LogP contribution < -0.4 is 0 Å². The van der Waals surface area contributed by atoms with Crippen LogP contribution in [0.3, 0.4) is 0 Å². The van der Waals surface area contributed by atoms with Crippen molar-refractivity contribution in [3.8, 4) is 0 Å². The third-order valence-corrected chi connectivity index (χ3v) is 2.80. The maximum atomic E-state index is 11.6. The van der Waals surface area contributed by atoms with Crippen LogP contribution in [-0.2, 0) is 16.1 Å². The molecule has 7 nitrogen and oxygen atoms in total. The Kier molecular flexibility index (Phi) is 3.74. The molecule has 19 heavy (non-hydrogen) atoms. The van der Waals surface area contributed by atoms with E-state index < -0.39 is 11.0 Å². The Bertz CT molecular complexity index is 511. The zero-order valence-electron chi connectivity index (χ0n) is 10.1. The summed E-state index contributed by atoms with van der Waals surface area (Å²) >= 11 is 0. The minimum absolute atomic E-state index is 0.0133. The molecule has 7 heteroatoms. The van der Waals surface area contributed by atoms with Crippen molar-refractivity contribution in [1.82, 2.24) is 4.90 Å². The standard InChI is InChI=1S/C12H12N2O5/c15-11-2-1-7-13(11)12(16)19-8-9-3-5-10(6-4-9)14(17)18/h3-6H,1-2,7-8H2. The molecule has 2 amide bonds. The number of amides is 2. The number of nitro groups is 1. The Hall–Kier alpha value is -2.44. The summed E-state index contributed by atoms with van der Waals surface area (Å²) in [7, 11) is 0. The second kappa shape index (κ2) is 5.47. The summed E-state index contributed by atoms with van der Waals surface area (Å²) in [6.07, 6.45) is 0.360. The third-order valence-electron chi connectivity index (χ3n) is 2.80. The number of nitro benzene ring substituents is 1. The molecule has 0 aliphatic carbocycles. The van der Waals surface area contributed by atoms with Crippen molar-refractivity contribution < 1.29 is 19.2 Å². The number of carbonyl (C=O) groups excluding carboxylic acids is 2. The highest BCUT2D eigenvalue weighted by atomic mass is 16.6. The Morgan fingerprint density at radius 2 is 2.05 bits per heavy atom. The van der Waals surface area contributed by atoms with Gasteiger partial charge in [-0.1, -0.05) is 0 Å². The molecule has 1 aliphatic heterocycles. The first kappa shape index (κ1) is 13.0. The summed E-state index contributed by atoms with van der Waals surface area (Å²) in [6, 6.07) is 5.70. The molecule has 100 valence electrons. The van der Waals surface area contributed by atoms with Gasteiger partial charge < -0.3 is 4.74 Å². The zero-order chi connectivity index (χ0) is 13.8. The van der Waals surface area contributed by atoms with Gasteiger partial charge in [-0.15, -0.1) is 0 Å². The van der Waals surface area contributed by atoms with Crippen LogP contribution >= 0.6 is 0 Å². The minimum atomic E-state index is -0.666. The fraction of sp³-hybridized carbons (Fsp3) is 0.333. The molecule has 0 atom stereocenters. The number of rotatable bonds is 3. The molecule has 1 heterocycles. The van der Waals surface area contributed by atoms with Crippen LogP contribution in [0.1, 0.15) is 18.4 Å². The second-order valence-corrected chi connectivity index (χ2v) is 4.13. The summed E-state index contributed by atoms with van der Waals surface area (Å²) in [5.41, 5.74) is 0.607. The largest absolute Gasteiger partial charge is 0.444 e. The Morgan fingerprint density at radius 1 is 1.37 bits per heavy atom. The number of imide groups is 1. The van der Waals surface area contributed by atoms with E-state index in [0.29, 0.717) is 24.9 Å². The molecule has 2 rings (SSSR count). The van der Waals surface area contributed by atoms with Crippen molar-refractivity contribution in [2.75, 3.05) is 6.54 Å². The lowest BCUT2D eigenvalue weighted by molar-refractivity contribution is -0.384. The van der Waals surface area contributed by atoms with E-state index in [1.54, 1.807) is 0 Å². The van der Waals surface area contributed by atoms with Gasteiger partial charge in [0.1, 0.15) is 6.61 Å². The van der Waals surface area contributed by atoms with Crippen LogP contribution in [0.5, 0.6) is 0 Å². The predicted molar refractivity (Wildman–Crippen MR) is 64.2 cm³/mol. The molecule has 1 fully saturated rings. The van der Waals surface area contributed by atoms with Gasteiger partial charge in [-0.3, -0.25) is 14.9 Å². The number of non-ortho nitro benzene ring substituents is 1. The predicted octanol–water partition coefficient (Wildman–Crippen LogP) is 1.85. The molecule has 1 aliphatic rings. The molecule has 0 aromatic heterocycles. The van der Waals surface area contributed by atoms with Gasteiger partial charge >= 0.3 is 6.09 Å². The van der Waals surface area contributed by atoms with Crippen LogP contribution in [0.15, 0.2) is 24.3 Å².